The highest BCUT2D eigenvalue weighted by molar-refractivity contribution is 7.22. The van der Waals surface area contributed by atoms with Gasteiger partial charge in [0, 0.05) is 5.69 Å². The summed E-state index contributed by atoms with van der Waals surface area (Å²) in [6, 6.07) is 16.3. The highest BCUT2D eigenvalue weighted by Crippen LogP contribution is 2.36. The minimum atomic E-state index is -0.332. The monoisotopic (exact) mass is 352 g/mol. The predicted molar refractivity (Wildman–Crippen MR) is 105 cm³/mol. The molecule has 25 heavy (non-hydrogen) atoms. The number of hydrogen-bond donors (Lipinski definition) is 1. The zero-order valence-electron chi connectivity index (χ0n) is 14.9. The number of thiazole rings is 1. The Morgan fingerprint density at radius 3 is 2.20 bits per heavy atom. The zero-order valence-corrected chi connectivity index (χ0v) is 15.7. The molecule has 1 fully saturated rings. The maximum Gasteiger partial charge on any atom is 0.494 e. The van der Waals surface area contributed by atoms with Crippen molar-refractivity contribution < 1.29 is 9.31 Å². The van der Waals surface area contributed by atoms with Gasteiger partial charge in [0.1, 0.15) is 0 Å². The van der Waals surface area contributed by atoms with E-state index in [9.17, 15) is 0 Å². The molecule has 0 bridgehead atoms. The van der Waals surface area contributed by atoms with Crippen molar-refractivity contribution in [2.75, 3.05) is 5.32 Å². The van der Waals surface area contributed by atoms with Crippen LogP contribution in [0.2, 0.25) is 0 Å². The van der Waals surface area contributed by atoms with Crippen LogP contribution in [0, 0.1) is 0 Å². The molecule has 0 spiro atoms. The summed E-state index contributed by atoms with van der Waals surface area (Å²) >= 11 is 1.65. The number of aromatic nitrogens is 1. The van der Waals surface area contributed by atoms with E-state index in [1.807, 2.05) is 42.5 Å². The molecule has 1 N–H and O–H groups in total. The van der Waals surface area contributed by atoms with Gasteiger partial charge in [-0.3, -0.25) is 0 Å². The Morgan fingerprint density at radius 2 is 1.56 bits per heavy atom. The van der Waals surface area contributed by atoms with Crippen LogP contribution >= 0.6 is 11.3 Å². The Bertz CT molecular complexity index is 856. The van der Waals surface area contributed by atoms with E-state index in [1.165, 1.54) is 4.70 Å². The highest BCUT2D eigenvalue weighted by Gasteiger charge is 2.51. The van der Waals surface area contributed by atoms with Gasteiger partial charge in [0.15, 0.2) is 5.13 Å². The van der Waals surface area contributed by atoms with Crippen molar-refractivity contribution in [3.63, 3.8) is 0 Å². The minimum absolute atomic E-state index is 0.324. The van der Waals surface area contributed by atoms with Crippen LogP contribution in [-0.2, 0) is 9.31 Å². The second kappa shape index (κ2) is 5.83. The summed E-state index contributed by atoms with van der Waals surface area (Å²) in [6.07, 6.45) is 0. The first-order chi connectivity index (χ1) is 11.8. The molecular formula is C19H21BN2O2S. The van der Waals surface area contributed by atoms with Gasteiger partial charge in [-0.15, -0.1) is 0 Å². The number of rotatable bonds is 3. The first kappa shape index (κ1) is 16.6. The van der Waals surface area contributed by atoms with Crippen LogP contribution in [0.15, 0.2) is 48.5 Å². The van der Waals surface area contributed by atoms with E-state index < -0.39 is 0 Å². The predicted octanol–water partition coefficient (Wildman–Crippen LogP) is 4.34. The molecule has 0 atom stereocenters. The molecule has 2 aromatic carbocycles. The number of nitrogens with zero attached hydrogens (tertiary/aromatic N) is 1. The van der Waals surface area contributed by atoms with Crippen LogP contribution in [0.3, 0.4) is 0 Å². The van der Waals surface area contributed by atoms with Crippen molar-refractivity contribution in [2.45, 2.75) is 38.9 Å². The molecule has 6 heteroatoms. The van der Waals surface area contributed by atoms with Gasteiger partial charge in [0.25, 0.3) is 0 Å². The number of para-hydroxylation sites is 1. The smallest absolute Gasteiger partial charge is 0.399 e. The van der Waals surface area contributed by atoms with Gasteiger partial charge in [0.05, 0.1) is 21.4 Å². The molecule has 0 amide bonds. The first-order valence-corrected chi connectivity index (χ1v) is 9.24. The van der Waals surface area contributed by atoms with E-state index in [0.29, 0.717) is 0 Å². The number of benzene rings is 2. The fourth-order valence-corrected chi connectivity index (χ4v) is 3.64. The van der Waals surface area contributed by atoms with E-state index in [-0.39, 0.29) is 18.3 Å². The van der Waals surface area contributed by atoms with Gasteiger partial charge in [-0.2, -0.15) is 0 Å². The summed E-state index contributed by atoms with van der Waals surface area (Å²) in [5.74, 6) is 0. The third kappa shape index (κ3) is 3.06. The van der Waals surface area contributed by atoms with Crippen molar-refractivity contribution in [3.8, 4) is 0 Å². The molecule has 1 aliphatic rings. The topological polar surface area (TPSA) is 43.4 Å². The third-order valence-electron chi connectivity index (χ3n) is 4.98. The summed E-state index contributed by atoms with van der Waals surface area (Å²) in [5.41, 5.74) is 2.39. The van der Waals surface area contributed by atoms with E-state index in [4.69, 9.17) is 9.31 Å². The standard InChI is InChI=1S/C19H21BN2O2S/c1-18(2)19(3,4)24-20(23-18)13-9-11-14(12-10-13)21-17-22-15-7-5-6-8-16(15)25-17/h5-12H,1-4H3,(H,21,22). The lowest BCUT2D eigenvalue weighted by molar-refractivity contribution is 0.00578. The van der Waals surface area contributed by atoms with Crippen molar-refractivity contribution in [1.82, 2.24) is 4.98 Å². The summed E-state index contributed by atoms with van der Waals surface area (Å²) in [5, 5.41) is 4.26. The van der Waals surface area contributed by atoms with Gasteiger partial charge in [0.2, 0.25) is 0 Å². The second-order valence-corrected chi connectivity index (χ2v) is 8.35. The van der Waals surface area contributed by atoms with E-state index in [2.05, 4.69) is 44.1 Å². The molecule has 0 radical (unpaired) electrons. The summed E-state index contributed by atoms with van der Waals surface area (Å²) in [7, 11) is -0.332. The fourth-order valence-electron chi connectivity index (χ4n) is 2.75. The summed E-state index contributed by atoms with van der Waals surface area (Å²) in [4.78, 5) is 4.60. The van der Waals surface area contributed by atoms with E-state index >= 15 is 0 Å². The third-order valence-corrected chi connectivity index (χ3v) is 5.93. The Hall–Kier alpha value is -1.89. The molecule has 0 saturated carbocycles. The zero-order chi connectivity index (χ0) is 17.7. The number of hydrogen-bond acceptors (Lipinski definition) is 5. The molecule has 2 heterocycles. The van der Waals surface area contributed by atoms with Gasteiger partial charge >= 0.3 is 7.12 Å². The fraction of sp³-hybridized carbons (Fsp3) is 0.316. The van der Waals surface area contributed by atoms with Crippen LogP contribution in [0.5, 0.6) is 0 Å². The lowest BCUT2D eigenvalue weighted by Gasteiger charge is -2.32. The second-order valence-electron chi connectivity index (χ2n) is 7.32. The van der Waals surface area contributed by atoms with E-state index in [0.717, 1.165) is 21.8 Å². The van der Waals surface area contributed by atoms with Gasteiger partial charge in [-0.05, 0) is 57.4 Å². The Labute approximate surface area is 152 Å². The normalized spacial score (nSPS) is 18.6. The van der Waals surface area contributed by atoms with Crippen molar-refractivity contribution >= 4 is 45.0 Å². The molecular weight excluding hydrogens is 331 g/mol. The SMILES string of the molecule is CC1(C)OB(c2ccc(Nc3nc4ccccc4s3)cc2)OC1(C)C. The van der Waals surface area contributed by atoms with Crippen LogP contribution in [0.4, 0.5) is 10.8 Å². The van der Waals surface area contributed by atoms with Crippen molar-refractivity contribution in [3.05, 3.63) is 48.5 Å². The molecule has 4 rings (SSSR count). The molecule has 0 aliphatic carbocycles. The van der Waals surface area contributed by atoms with Crippen LogP contribution in [0.25, 0.3) is 10.2 Å². The molecule has 4 nitrogen and oxygen atoms in total. The summed E-state index contributed by atoms with van der Waals surface area (Å²) < 4.78 is 13.4. The quantitative estimate of drug-likeness (QED) is 0.712. The lowest BCUT2D eigenvalue weighted by Crippen LogP contribution is -2.41. The Morgan fingerprint density at radius 1 is 0.920 bits per heavy atom. The van der Waals surface area contributed by atoms with Crippen molar-refractivity contribution in [2.24, 2.45) is 0 Å². The van der Waals surface area contributed by atoms with Crippen LogP contribution in [0.1, 0.15) is 27.7 Å². The largest absolute Gasteiger partial charge is 0.494 e. The van der Waals surface area contributed by atoms with Gasteiger partial charge in [-0.1, -0.05) is 35.6 Å². The molecule has 1 aliphatic heterocycles. The lowest BCUT2D eigenvalue weighted by atomic mass is 9.79. The van der Waals surface area contributed by atoms with E-state index in [1.54, 1.807) is 11.3 Å². The van der Waals surface area contributed by atoms with Crippen molar-refractivity contribution in [1.29, 1.82) is 0 Å². The van der Waals surface area contributed by atoms with Gasteiger partial charge < -0.3 is 14.6 Å². The van der Waals surface area contributed by atoms with Gasteiger partial charge in [-0.25, -0.2) is 4.98 Å². The minimum Gasteiger partial charge on any atom is -0.399 e. The average Bonchev–Trinajstić information content (AvgIpc) is 3.05. The molecule has 1 saturated heterocycles. The molecule has 1 aromatic heterocycles. The summed E-state index contributed by atoms with van der Waals surface area (Å²) in [6.45, 7) is 8.26. The maximum atomic E-state index is 6.10. The van der Waals surface area contributed by atoms with Crippen LogP contribution < -0.4 is 10.8 Å². The number of anilines is 2. The Balaban J connectivity index is 1.51. The number of fused-ring (bicyclic) bond motifs is 1. The highest BCUT2D eigenvalue weighted by atomic mass is 32.1. The Kier molecular flexibility index (Phi) is 3.87. The molecule has 128 valence electrons. The molecule has 0 unspecified atom stereocenters. The van der Waals surface area contributed by atoms with Crippen LogP contribution in [-0.4, -0.2) is 23.3 Å². The average molecular weight is 352 g/mol. The maximum absolute atomic E-state index is 6.10. The first-order valence-electron chi connectivity index (χ1n) is 8.42. The molecule has 3 aromatic rings. The number of nitrogens with one attached hydrogen (secondary N) is 1.